The Hall–Kier alpha value is -3.76. The van der Waals surface area contributed by atoms with Crippen molar-refractivity contribution in [2.45, 2.75) is 12.7 Å². The van der Waals surface area contributed by atoms with Crippen molar-refractivity contribution in [3.8, 4) is 0 Å². The molecule has 0 radical (unpaired) electrons. The molecule has 3 aromatic carbocycles. The minimum absolute atomic E-state index is 0.0181. The van der Waals surface area contributed by atoms with E-state index in [4.69, 9.17) is 0 Å². The summed E-state index contributed by atoms with van der Waals surface area (Å²) in [6, 6.07) is 30.4. The zero-order valence-electron chi connectivity index (χ0n) is 17.5. The average molecular weight is 443 g/mol. The van der Waals surface area contributed by atoms with Crippen LogP contribution in [0.5, 0.6) is 0 Å². The Morgan fingerprint density at radius 2 is 1.38 bits per heavy atom. The maximum atomic E-state index is 15.0. The molecular formula is C25H22N3O3P. The minimum Gasteiger partial charge on any atom is -0.356 e. The third-order valence-corrected chi connectivity index (χ3v) is 8.52. The van der Waals surface area contributed by atoms with Crippen LogP contribution < -0.4 is 15.9 Å². The first-order valence-corrected chi connectivity index (χ1v) is 11.9. The van der Waals surface area contributed by atoms with Crippen LogP contribution in [-0.2, 0) is 4.57 Å². The SMILES string of the molecule is Cc1cccc(N[C@@H](c2ccc([N+](=O)[O-])cc2)P(=O)(c2ccccc2)c2ccccc2)n1. The normalized spacial score (nSPS) is 12.2. The number of non-ortho nitro benzene ring substituents is 1. The highest BCUT2D eigenvalue weighted by molar-refractivity contribution is 7.79. The van der Waals surface area contributed by atoms with Crippen LogP contribution in [0.3, 0.4) is 0 Å². The van der Waals surface area contributed by atoms with Crippen molar-refractivity contribution in [2.75, 3.05) is 5.32 Å². The van der Waals surface area contributed by atoms with Crippen LogP contribution in [0.2, 0.25) is 0 Å². The fraction of sp³-hybridized carbons (Fsp3) is 0.0800. The molecule has 0 spiro atoms. The number of pyridine rings is 1. The first-order chi connectivity index (χ1) is 15.5. The third-order valence-electron chi connectivity index (χ3n) is 5.24. The fourth-order valence-corrected chi connectivity index (χ4v) is 6.70. The molecule has 1 heterocycles. The van der Waals surface area contributed by atoms with E-state index in [1.807, 2.05) is 85.8 Å². The van der Waals surface area contributed by atoms with Gasteiger partial charge in [0.1, 0.15) is 11.6 Å². The van der Waals surface area contributed by atoms with Crippen molar-refractivity contribution in [1.82, 2.24) is 4.98 Å². The Morgan fingerprint density at radius 3 is 1.88 bits per heavy atom. The fourth-order valence-electron chi connectivity index (χ4n) is 3.67. The highest BCUT2D eigenvalue weighted by atomic mass is 31.2. The van der Waals surface area contributed by atoms with Crippen molar-refractivity contribution in [3.05, 3.63) is 124 Å². The second-order valence-electron chi connectivity index (χ2n) is 7.39. The molecule has 0 aliphatic rings. The zero-order chi connectivity index (χ0) is 22.6. The lowest BCUT2D eigenvalue weighted by molar-refractivity contribution is -0.384. The van der Waals surface area contributed by atoms with Gasteiger partial charge >= 0.3 is 0 Å². The standard InChI is InChI=1S/C25H22N3O3P/c1-19-9-8-14-24(26-19)27-25(20-15-17-21(18-16-20)28(29)30)32(31,22-10-4-2-5-11-22)23-12-6-3-7-13-23/h2-18,25H,1H3,(H,26,27)/t25-/m1/s1. The van der Waals surface area contributed by atoms with Gasteiger partial charge in [-0.3, -0.25) is 10.1 Å². The summed E-state index contributed by atoms with van der Waals surface area (Å²) in [5.41, 5.74) is 1.48. The summed E-state index contributed by atoms with van der Waals surface area (Å²) in [5.74, 6) is -0.0946. The van der Waals surface area contributed by atoms with Gasteiger partial charge in [0.05, 0.1) is 4.92 Å². The molecule has 0 saturated heterocycles. The van der Waals surface area contributed by atoms with Crippen LogP contribution in [0, 0.1) is 17.0 Å². The lowest BCUT2D eigenvalue weighted by Gasteiger charge is -2.30. The molecule has 0 saturated carbocycles. The lowest BCUT2D eigenvalue weighted by atomic mass is 10.2. The number of anilines is 1. The second-order valence-corrected chi connectivity index (χ2v) is 10.3. The number of nitro benzene ring substituents is 1. The molecule has 0 fully saturated rings. The number of benzene rings is 3. The van der Waals surface area contributed by atoms with Gasteiger partial charge in [-0.2, -0.15) is 0 Å². The smallest absolute Gasteiger partial charge is 0.269 e. The number of nitro groups is 1. The molecule has 4 rings (SSSR count). The van der Waals surface area contributed by atoms with Crippen LogP contribution in [0.4, 0.5) is 11.5 Å². The molecule has 1 atom stereocenters. The van der Waals surface area contributed by atoms with Crippen molar-refractivity contribution in [3.63, 3.8) is 0 Å². The van der Waals surface area contributed by atoms with E-state index in [1.165, 1.54) is 12.1 Å². The number of rotatable bonds is 7. The maximum Gasteiger partial charge on any atom is 0.269 e. The highest BCUT2D eigenvalue weighted by Crippen LogP contribution is 2.57. The van der Waals surface area contributed by atoms with Gasteiger partial charge in [0.15, 0.2) is 7.14 Å². The number of nitrogens with zero attached hydrogens (tertiary/aromatic N) is 2. The Kier molecular flexibility index (Phi) is 6.15. The number of nitrogens with one attached hydrogen (secondary N) is 1. The topological polar surface area (TPSA) is 85.1 Å². The van der Waals surface area contributed by atoms with Crippen LogP contribution in [0.15, 0.2) is 103 Å². The Morgan fingerprint density at radius 1 is 0.812 bits per heavy atom. The van der Waals surface area contributed by atoms with Crippen molar-refractivity contribution in [2.24, 2.45) is 0 Å². The molecule has 0 amide bonds. The molecule has 1 aromatic heterocycles. The van der Waals surface area contributed by atoms with Gasteiger partial charge in [-0.05, 0) is 36.8 Å². The molecule has 1 N–H and O–H groups in total. The second kappa shape index (κ2) is 9.16. The van der Waals surface area contributed by atoms with E-state index in [9.17, 15) is 10.1 Å². The van der Waals surface area contributed by atoms with Crippen molar-refractivity contribution in [1.29, 1.82) is 0 Å². The molecule has 32 heavy (non-hydrogen) atoms. The van der Waals surface area contributed by atoms with Gasteiger partial charge in [0.2, 0.25) is 0 Å². The average Bonchev–Trinajstić information content (AvgIpc) is 2.83. The first-order valence-electron chi connectivity index (χ1n) is 10.1. The van der Waals surface area contributed by atoms with E-state index in [0.29, 0.717) is 22.0 Å². The van der Waals surface area contributed by atoms with E-state index < -0.39 is 17.8 Å². The third kappa shape index (κ3) is 4.32. The summed E-state index contributed by atoms with van der Waals surface area (Å²) in [6.45, 7) is 1.89. The largest absolute Gasteiger partial charge is 0.356 e. The highest BCUT2D eigenvalue weighted by Gasteiger charge is 2.38. The minimum atomic E-state index is -3.30. The molecule has 0 bridgehead atoms. The van der Waals surface area contributed by atoms with Gasteiger partial charge < -0.3 is 9.88 Å². The van der Waals surface area contributed by atoms with E-state index in [2.05, 4.69) is 10.3 Å². The van der Waals surface area contributed by atoms with Gasteiger partial charge in [-0.15, -0.1) is 0 Å². The molecule has 160 valence electrons. The summed E-state index contributed by atoms with van der Waals surface area (Å²) >= 11 is 0. The number of aryl methyl sites for hydroxylation is 1. The molecular weight excluding hydrogens is 421 g/mol. The summed E-state index contributed by atoms with van der Waals surface area (Å²) in [7, 11) is -3.30. The van der Waals surface area contributed by atoms with Gasteiger partial charge in [-0.25, -0.2) is 4.98 Å². The van der Waals surface area contributed by atoms with Crippen LogP contribution >= 0.6 is 7.14 Å². The van der Waals surface area contributed by atoms with Crippen LogP contribution in [0.25, 0.3) is 0 Å². The van der Waals surface area contributed by atoms with Gasteiger partial charge in [0.25, 0.3) is 5.69 Å². The summed E-state index contributed by atoms with van der Waals surface area (Å²) in [5, 5.41) is 15.9. The van der Waals surface area contributed by atoms with Crippen molar-refractivity contribution >= 4 is 29.3 Å². The predicted octanol–water partition coefficient (Wildman–Crippen LogP) is 5.42. The molecule has 0 aliphatic carbocycles. The molecule has 7 heteroatoms. The lowest BCUT2D eigenvalue weighted by Crippen LogP contribution is -2.26. The summed E-state index contributed by atoms with van der Waals surface area (Å²) in [4.78, 5) is 15.3. The van der Waals surface area contributed by atoms with E-state index in [1.54, 1.807) is 12.1 Å². The quantitative estimate of drug-likeness (QED) is 0.234. The Labute approximate surface area is 186 Å². The first kappa shape index (κ1) is 21.5. The maximum absolute atomic E-state index is 15.0. The van der Waals surface area contributed by atoms with Crippen LogP contribution in [0.1, 0.15) is 17.0 Å². The Bertz CT molecular complexity index is 1220. The van der Waals surface area contributed by atoms with Gasteiger partial charge in [-0.1, -0.05) is 66.7 Å². The predicted molar refractivity (Wildman–Crippen MR) is 128 cm³/mol. The van der Waals surface area contributed by atoms with Gasteiger partial charge in [0, 0.05) is 28.4 Å². The molecule has 0 aliphatic heterocycles. The van der Waals surface area contributed by atoms with Crippen molar-refractivity contribution < 1.29 is 9.49 Å². The van der Waals surface area contributed by atoms with E-state index in [-0.39, 0.29) is 5.69 Å². The van der Waals surface area contributed by atoms with Crippen LogP contribution in [-0.4, -0.2) is 9.91 Å². The number of hydrogen-bond donors (Lipinski definition) is 1. The summed E-state index contributed by atoms with van der Waals surface area (Å²) in [6.07, 6.45) is 0. The molecule has 6 nitrogen and oxygen atoms in total. The zero-order valence-corrected chi connectivity index (χ0v) is 18.4. The molecule has 4 aromatic rings. The van der Waals surface area contributed by atoms with E-state index >= 15 is 4.57 Å². The number of aromatic nitrogens is 1. The monoisotopic (exact) mass is 443 g/mol. The Balaban J connectivity index is 1.92. The number of hydrogen-bond acceptors (Lipinski definition) is 5. The summed E-state index contributed by atoms with van der Waals surface area (Å²) < 4.78 is 15.0. The molecule has 0 unspecified atom stereocenters. The van der Waals surface area contributed by atoms with E-state index in [0.717, 1.165) is 5.69 Å².